The molecule has 0 amide bonds. The first-order valence-corrected chi connectivity index (χ1v) is 18.4. The minimum Gasteiger partial charge on any atom is -0.454 e. The van der Waals surface area contributed by atoms with Crippen LogP contribution in [0.3, 0.4) is 0 Å². The Hall–Kier alpha value is -2.49. The fourth-order valence-corrected chi connectivity index (χ4v) is 7.02. The monoisotopic (exact) mass is 714 g/mol. The first-order chi connectivity index (χ1) is 24.5. The summed E-state index contributed by atoms with van der Waals surface area (Å²) in [6.45, 7) is 9.90. The fourth-order valence-electron chi connectivity index (χ4n) is 7.02. The molecule has 51 heavy (non-hydrogen) atoms. The summed E-state index contributed by atoms with van der Waals surface area (Å²) < 4.78 is 62.5. The van der Waals surface area contributed by atoms with Crippen molar-refractivity contribution in [2.45, 2.75) is 153 Å². The van der Waals surface area contributed by atoms with Crippen molar-refractivity contribution in [1.29, 1.82) is 0 Å². The van der Waals surface area contributed by atoms with Gasteiger partial charge in [0.1, 0.15) is 36.6 Å². The summed E-state index contributed by atoms with van der Waals surface area (Å²) in [5.74, 6) is -2.28. The van der Waals surface area contributed by atoms with Gasteiger partial charge in [-0.1, -0.05) is 93.3 Å². The molecular formula is C39H54O12. The highest BCUT2D eigenvalue weighted by Gasteiger charge is 2.56. The number of hydrogen-bond acceptors (Lipinski definition) is 12. The lowest BCUT2D eigenvalue weighted by Gasteiger charge is -2.49. The van der Waals surface area contributed by atoms with Gasteiger partial charge in [0.2, 0.25) is 6.29 Å². The van der Waals surface area contributed by atoms with Crippen LogP contribution in [0.5, 0.6) is 0 Å². The molecule has 4 heterocycles. The third kappa shape index (κ3) is 9.94. The number of benzene rings is 2. The third-order valence-electron chi connectivity index (χ3n) is 9.51. The summed E-state index contributed by atoms with van der Waals surface area (Å²) in [6.07, 6.45) is -4.01. The van der Waals surface area contributed by atoms with Gasteiger partial charge >= 0.3 is 5.97 Å². The van der Waals surface area contributed by atoms with Crippen molar-refractivity contribution in [2.24, 2.45) is 0 Å². The molecule has 4 fully saturated rings. The Kier molecular flexibility index (Phi) is 12.8. The minimum absolute atomic E-state index is 0.143. The zero-order chi connectivity index (χ0) is 36.0. The number of unbranched alkanes of at least 4 members (excludes halogenated alkanes) is 4. The van der Waals surface area contributed by atoms with Crippen LogP contribution in [0.25, 0.3) is 0 Å². The lowest BCUT2D eigenvalue weighted by molar-refractivity contribution is -0.386. The lowest BCUT2D eigenvalue weighted by Crippen LogP contribution is -2.64. The Bertz CT molecular complexity index is 1370. The largest absolute Gasteiger partial charge is 0.454 e. The first kappa shape index (κ1) is 38.2. The molecule has 4 saturated heterocycles. The van der Waals surface area contributed by atoms with Crippen LogP contribution < -0.4 is 0 Å². The van der Waals surface area contributed by atoms with Gasteiger partial charge in [0.25, 0.3) is 0 Å². The molecule has 282 valence electrons. The standard InChI is InChI=1S/C39H54O12/c1-6-7-8-9-16-21-29(40)46-34-32(42-22-25-17-12-10-13-18-25)30-27(23-43-36(47-30)26-19-14-11-15-20-26)45-37(34)48-35(41)33-31(50-39(4,5)51-33)28-24-44-38(2,3)49-28/h10-15,17-20,27-28,30-37,41H,6-9,16,21-24H2,1-5H3/t27-,28+,30-,31+,32+,33-,34+,35?,36?,37+/m1/s1. The molecule has 0 spiro atoms. The molecule has 0 radical (unpaired) electrons. The Balaban J connectivity index is 1.26. The summed E-state index contributed by atoms with van der Waals surface area (Å²) in [5.41, 5.74) is 1.76. The molecule has 0 bridgehead atoms. The second-order valence-electron chi connectivity index (χ2n) is 14.6. The van der Waals surface area contributed by atoms with Crippen molar-refractivity contribution in [1.82, 2.24) is 0 Å². The molecule has 4 aliphatic heterocycles. The summed E-state index contributed by atoms with van der Waals surface area (Å²) in [4.78, 5) is 13.5. The number of hydrogen-bond donors (Lipinski definition) is 1. The quantitative estimate of drug-likeness (QED) is 0.138. The molecule has 2 unspecified atom stereocenters. The smallest absolute Gasteiger partial charge is 0.306 e. The highest BCUT2D eigenvalue weighted by atomic mass is 16.8. The molecule has 12 heteroatoms. The summed E-state index contributed by atoms with van der Waals surface area (Å²) >= 11 is 0. The van der Waals surface area contributed by atoms with E-state index in [1.54, 1.807) is 13.8 Å². The molecule has 0 saturated carbocycles. The number of rotatable bonds is 15. The number of esters is 1. The van der Waals surface area contributed by atoms with Crippen LogP contribution >= 0.6 is 0 Å². The van der Waals surface area contributed by atoms with E-state index in [1.165, 1.54) is 0 Å². The molecule has 1 N–H and O–H groups in total. The normalized spacial score (nSPS) is 33.4. The van der Waals surface area contributed by atoms with Crippen molar-refractivity contribution in [2.75, 3.05) is 13.2 Å². The molecular weight excluding hydrogens is 660 g/mol. The number of aliphatic hydroxyl groups is 1. The molecule has 2 aromatic rings. The van der Waals surface area contributed by atoms with E-state index < -0.39 is 79.1 Å². The summed E-state index contributed by atoms with van der Waals surface area (Å²) in [6, 6.07) is 19.3. The van der Waals surface area contributed by atoms with E-state index in [-0.39, 0.29) is 26.2 Å². The molecule has 0 aliphatic carbocycles. The van der Waals surface area contributed by atoms with Crippen LogP contribution in [0.1, 0.15) is 90.6 Å². The van der Waals surface area contributed by atoms with Crippen LogP contribution in [-0.4, -0.2) is 91.2 Å². The molecule has 2 aromatic carbocycles. The minimum atomic E-state index is -1.57. The zero-order valence-corrected chi connectivity index (χ0v) is 30.3. The van der Waals surface area contributed by atoms with E-state index in [9.17, 15) is 9.90 Å². The Labute approximate surface area is 300 Å². The predicted molar refractivity (Wildman–Crippen MR) is 183 cm³/mol. The number of fused-ring (bicyclic) bond motifs is 1. The van der Waals surface area contributed by atoms with Gasteiger partial charge in [-0.2, -0.15) is 0 Å². The van der Waals surface area contributed by atoms with E-state index in [0.717, 1.165) is 36.8 Å². The average Bonchev–Trinajstić information content (AvgIpc) is 3.65. The van der Waals surface area contributed by atoms with E-state index in [0.29, 0.717) is 6.42 Å². The number of ether oxygens (including phenoxy) is 10. The van der Waals surface area contributed by atoms with Gasteiger partial charge in [-0.15, -0.1) is 0 Å². The van der Waals surface area contributed by atoms with Crippen LogP contribution in [0.15, 0.2) is 60.7 Å². The van der Waals surface area contributed by atoms with E-state index in [4.69, 9.17) is 47.4 Å². The maximum atomic E-state index is 13.5. The molecule has 4 aliphatic rings. The van der Waals surface area contributed by atoms with Crippen molar-refractivity contribution in [3.05, 3.63) is 71.8 Å². The maximum Gasteiger partial charge on any atom is 0.306 e. The van der Waals surface area contributed by atoms with Crippen molar-refractivity contribution in [3.63, 3.8) is 0 Å². The Morgan fingerprint density at radius 2 is 1.55 bits per heavy atom. The fraction of sp³-hybridized carbons (Fsp3) is 0.667. The van der Waals surface area contributed by atoms with Crippen LogP contribution in [0, 0.1) is 0 Å². The van der Waals surface area contributed by atoms with E-state index in [2.05, 4.69) is 6.92 Å². The number of carbonyl (C=O) groups excluding carboxylic acids is 1. The Morgan fingerprint density at radius 1 is 0.824 bits per heavy atom. The topological polar surface area (TPSA) is 130 Å². The number of carbonyl (C=O) groups is 1. The predicted octanol–water partition coefficient (Wildman–Crippen LogP) is 5.69. The second kappa shape index (κ2) is 17.1. The summed E-state index contributed by atoms with van der Waals surface area (Å²) in [5, 5.41) is 11.7. The van der Waals surface area contributed by atoms with E-state index >= 15 is 0 Å². The molecule has 10 atom stereocenters. The van der Waals surface area contributed by atoms with Gasteiger partial charge in [-0.3, -0.25) is 4.79 Å². The van der Waals surface area contributed by atoms with Gasteiger partial charge in [-0.05, 0) is 39.7 Å². The van der Waals surface area contributed by atoms with Gasteiger partial charge in [-0.25, -0.2) is 0 Å². The molecule has 6 rings (SSSR count). The van der Waals surface area contributed by atoms with Crippen LogP contribution in [0.4, 0.5) is 0 Å². The summed E-state index contributed by atoms with van der Waals surface area (Å²) in [7, 11) is 0. The van der Waals surface area contributed by atoms with Crippen molar-refractivity contribution < 1.29 is 57.3 Å². The average molecular weight is 715 g/mol. The molecule has 0 aromatic heterocycles. The maximum absolute atomic E-state index is 13.5. The van der Waals surface area contributed by atoms with Gasteiger partial charge in [0.05, 0.1) is 19.8 Å². The van der Waals surface area contributed by atoms with Gasteiger partial charge < -0.3 is 52.5 Å². The zero-order valence-electron chi connectivity index (χ0n) is 30.3. The van der Waals surface area contributed by atoms with Gasteiger partial charge in [0, 0.05) is 12.0 Å². The second-order valence-corrected chi connectivity index (χ2v) is 14.6. The lowest BCUT2D eigenvalue weighted by atomic mass is 9.96. The highest BCUT2D eigenvalue weighted by molar-refractivity contribution is 5.69. The highest BCUT2D eigenvalue weighted by Crippen LogP contribution is 2.40. The SMILES string of the molecule is CCCCCCCC(=O)O[C@@H]1[C@H](OC(O)[C@@H]2OC(C)(C)O[C@H]2[C@@H]2COC(C)(C)O2)O[C@@H]2COC(c3ccccc3)O[C@H]2[C@@H]1OCc1ccccc1. The molecule has 12 nitrogen and oxygen atoms in total. The van der Waals surface area contributed by atoms with Crippen molar-refractivity contribution in [3.8, 4) is 0 Å². The number of aliphatic hydroxyl groups excluding tert-OH is 1. The first-order valence-electron chi connectivity index (χ1n) is 18.4. The Morgan fingerprint density at radius 3 is 2.25 bits per heavy atom. The van der Waals surface area contributed by atoms with Crippen LogP contribution in [-0.2, 0) is 58.8 Å². The van der Waals surface area contributed by atoms with E-state index in [1.807, 2.05) is 74.5 Å². The van der Waals surface area contributed by atoms with Crippen molar-refractivity contribution >= 4 is 5.97 Å². The third-order valence-corrected chi connectivity index (χ3v) is 9.51. The van der Waals surface area contributed by atoms with Crippen LogP contribution in [0.2, 0.25) is 0 Å². The van der Waals surface area contributed by atoms with Gasteiger partial charge in [0.15, 0.2) is 30.3 Å².